The monoisotopic (exact) mass is 310 g/mol. The number of hydrogen-bond acceptors (Lipinski definition) is 4. The van der Waals surface area contributed by atoms with Gasteiger partial charge >= 0.3 is 5.97 Å². The van der Waals surface area contributed by atoms with Crippen LogP contribution in [0.2, 0.25) is 5.02 Å². The second-order valence-electron chi connectivity index (χ2n) is 4.01. The summed E-state index contributed by atoms with van der Waals surface area (Å²) in [5.41, 5.74) is 0.602. The highest BCUT2D eigenvalue weighted by Gasteiger charge is 2.12. The number of carbonyl (C=O) groups is 3. The van der Waals surface area contributed by atoms with Crippen molar-refractivity contribution in [1.82, 2.24) is 5.32 Å². The Balaban J connectivity index is 2.77. The number of benzene rings is 1. The number of methoxy groups -OCH3 is 1. The minimum Gasteiger partial charge on any atom is -0.466 e. The Morgan fingerprint density at radius 1 is 1.33 bits per heavy atom. The van der Waals surface area contributed by atoms with Crippen molar-refractivity contribution in [3.63, 3.8) is 0 Å². The summed E-state index contributed by atoms with van der Waals surface area (Å²) in [4.78, 5) is 34.0. The molecular formula is C14H15ClN2O4. The highest BCUT2D eigenvalue weighted by molar-refractivity contribution is 6.31. The first-order valence-electron chi connectivity index (χ1n) is 6.04. The zero-order chi connectivity index (χ0) is 15.8. The summed E-state index contributed by atoms with van der Waals surface area (Å²) in [6.07, 6.45) is 2.65. The lowest BCUT2D eigenvalue weighted by Crippen LogP contribution is -2.25. The van der Waals surface area contributed by atoms with Gasteiger partial charge in [0, 0.05) is 24.6 Å². The van der Waals surface area contributed by atoms with Gasteiger partial charge in [-0.1, -0.05) is 17.7 Å². The van der Waals surface area contributed by atoms with Gasteiger partial charge in [-0.3, -0.25) is 9.59 Å². The van der Waals surface area contributed by atoms with E-state index in [0.717, 1.165) is 0 Å². The summed E-state index contributed by atoms with van der Waals surface area (Å²) in [7, 11) is 1.26. The molecule has 0 aromatic heterocycles. The van der Waals surface area contributed by atoms with E-state index in [4.69, 9.17) is 11.6 Å². The van der Waals surface area contributed by atoms with Crippen LogP contribution < -0.4 is 10.6 Å². The van der Waals surface area contributed by atoms with E-state index in [1.54, 1.807) is 12.1 Å². The lowest BCUT2D eigenvalue weighted by Gasteiger charge is -2.10. The largest absolute Gasteiger partial charge is 0.466 e. The van der Waals surface area contributed by atoms with Crippen LogP contribution in [0.3, 0.4) is 0 Å². The van der Waals surface area contributed by atoms with Crippen molar-refractivity contribution in [2.24, 2.45) is 0 Å². The topological polar surface area (TPSA) is 84.5 Å². The molecule has 0 saturated carbocycles. The van der Waals surface area contributed by atoms with Gasteiger partial charge in [0.15, 0.2) is 0 Å². The molecular weight excluding hydrogens is 296 g/mol. The quantitative estimate of drug-likeness (QED) is 0.641. The van der Waals surface area contributed by atoms with Crippen LogP contribution in [0.1, 0.15) is 17.3 Å². The maximum absolute atomic E-state index is 12.0. The standard InChI is InChI=1S/C14H15ClN2O4/c1-9(18)17-12-6-5-10(15)8-11(12)14(20)16-7-3-4-13(19)21-2/h3-6,8H,7H2,1-2H3,(H,16,20)(H,17,18)/b4-3+. The molecule has 2 N–H and O–H groups in total. The molecule has 0 radical (unpaired) electrons. The number of ether oxygens (including phenoxy) is 1. The van der Waals surface area contributed by atoms with Gasteiger partial charge in [0.05, 0.1) is 18.4 Å². The molecule has 1 aromatic rings. The molecule has 0 aliphatic heterocycles. The third-order valence-corrected chi connectivity index (χ3v) is 2.61. The van der Waals surface area contributed by atoms with Gasteiger partial charge in [-0.2, -0.15) is 0 Å². The van der Waals surface area contributed by atoms with Crippen LogP contribution in [0.25, 0.3) is 0 Å². The van der Waals surface area contributed by atoms with Gasteiger partial charge in [0.25, 0.3) is 5.91 Å². The summed E-state index contributed by atoms with van der Waals surface area (Å²) in [6, 6.07) is 4.57. The predicted molar refractivity (Wildman–Crippen MR) is 79.2 cm³/mol. The fourth-order valence-corrected chi connectivity index (χ4v) is 1.65. The molecule has 21 heavy (non-hydrogen) atoms. The van der Waals surface area contributed by atoms with Gasteiger partial charge in [0.1, 0.15) is 0 Å². The average molecular weight is 311 g/mol. The van der Waals surface area contributed by atoms with Crippen molar-refractivity contribution in [3.8, 4) is 0 Å². The van der Waals surface area contributed by atoms with Crippen LogP contribution in [0.5, 0.6) is 0 Å². The molecule has 112 valence electrons. The fraction of sp³-hybridized carbons (Fsp3) is 0.214. The van der Waals surface area contributed by atoms with Gasteiger partial charge in [-0.05, 0) is 18.2 Å². The molecule has 1 rings (SSSR count). The van der Waals surface area contributed by atoms with E-state index in [2.05, 4.69) is 15.4 Å². The van der Waals surface area contributed by atoms with Crippen molar-refractivity contribution < 1.29 is 19.1 Å². The van der Waals surface area contributed by atoms with Crippen LogP contribution in [-0.2, 0) is 14.3 Å². The van der Waals surface area contributed by atoms with E-state index in [1.807, 2.05) is 0 Å². The molecule has 0 spiro atoms. The number of esters is 1. The lowest BCUT2D eigenvalue weighted by atomic mass is 10.1. The Morgan fingerprint density at radius 2 is 2.05 bits per heavy atom. The number of amides is 2. The Morgan fingerprint density at radius 3 is 2.67 bits per heavy atom. The summed E-state index contributed by atoms with van der Waals surface area (Å²) in [5.74, 6) is -1.22. The van der Waals surface area contributed by atoms with E-state index >= 15 is 0 Å². The molecule has 0 aliphatic carbocycles. The molecule has 6 nitrogen and oxygen atoms in total. The lowest BCUT2D eigenvalue weighted by molar-refractivity contribution is -0.134. The Labute approximate surface area is 127 Å². The molecule has 0 aliphatic rings. The number of rotatable bonds is 5. The Hall–Kier alpha value is -2.34. The third kappa shape index (κ3) is 5.66. The minimum absolute atomic E-state index is 0.139. The van der Waals surface area contributed by atoms with Crippen molar-refractivity contribution in [1.29, 1.82) is 0 Å². The van der Waals surface area contributed by atoms with E-state index < -0.39 is 11.9 Å². The number of carbonyl (C=O) groups excluding carboxylic acids is 3. The van der Waals surface area contributed by atoms with Crippen molar-refractivity contribution in [3.05, 3.63) is 40.9 Å². The smallest absolute Gasteiger partial charge is 0.330 e. The van der Waals surface area contributed by atoms with E-state index in [0.29, 0.717) is 10.7 Å². The second-order valence-corrected chi connectivity index (χ2v) is 4.44. The van der Waals surface area contributed by atoms with E-state index in [-0.39, 0.29) is 18.0 Å². The highest BCUT2D eigenvalue weighted by Crippen LogP contribution is 2.20. The third-order valence-electron chi connectivity index (χ3n) is 2.37. The molecule has 0 heterocycles. The van der Waals surface area contributed by atoms with Crippen LogP contribution in [-0.4, -0.2) is 31.4 Å². The molecule has 2 amide bonds. The molecule has 0 saturated heterocycles. The van der Waals surface area contributed by atoms with E-state index in [9.17, 15) is 14.4 Å². The number of nitrogens with one attached hydrogen (secondary N) is 2. The number of halogens is 1. The molecule has 0 atom stereocenters. The molecule has 0 unspecified atom stereocenters. The SMILES string of the molecule is COC(=O)/C=C/CNC(=O)c1cc(Cl)ccc1NC(C)=O. The van der Waals surface area contributed by atoms with Crippen LogP contribution in [0.4, 0.5) is 5.69 Å². The van der Waals surface area contributed by atoms with Gasteiger partial charge in [0.2, 0.25) is 5.91 Å². The Kier molecular flexibility index (Phi) is 6.42. The van der Waals surface area contributed by atoms with E-state index in [1.165, 1.54) is 32.3 Å². The summed E-state index contributed by atoms with van der Waals surface area (Å²) in [6.45, 7) is 1.48. The highest BCUT2D eigenvalue weighted by atomic mass is 35.5. The predicted octanol–water partition coefficient (Wildman–Crippen LogP) is 1.76. The maximum Gasteiger partial charge on any atom is 0.330 e. The van der Waals surface area contributed by atoms with Gasteiger partial charge in [-0.25, -0.2) is 4.79 Å². The Bertz CT molecular complexity index is 584. The van der Waals surface area contributed by atoms with Crippen molar-refractivity contribution in [2.75, 3.05) is 19.0 Å². The first-order valence-corrected chi connectivity index (χ1v) is 6.41. The first-order chi connectivity index (χ1) is 9.93. The van der Waals surface area contributed by atoms with Crippen LogP contribution >= 0.6 is 11.6 Å². The summed E-state index contributed by atoms with van der Waals surface area (Å²) < 4.78 is 4.42. The summed E-state index contributed by atoms with van der Waals surface area (Å²) >= 11 is 5.85. The molecule has 0 fully saturated rings. The first kappa shape index (κ1) is 16.7. The summed E-state index contributed by atoms with van der Waals surface area (Å²) in [5, 5.41) is 5.50. The van der Waals surface area contributed by atoms with Crippen molar-refractivity contribution >= 4 is 35.1 Å². The number of anilines is 1. The average Bonchev–Trinajstić information content (AvgIpc) is 2.44. The zero-order valence-electron chi connectivity index (χ0n) is 11.6. The number of hydrogen-bond donors (Lipinski definition) is 2. The van der Waals surface area contributed by atoms with Gasteiger partial charge < -0.3 is 15.4 Å². The second kappa shape index (κ2) is 8.06. The normalized spacial score (nSPS) is 10.2. The van der Waals surface area contributed by atoms with Crippen LogP contribution in [0.15, 0.2) is 30.4 Å². The fourth-order valence-electron chi connectivity index (χ4n) is 1.47. The molecule has 0 bridgehead atoms. The molecule has 7 heteroatoms. The van der Waals surface area contributed by atoms with Crippen molar-refractivity contribution in [2.45, 2.75) is 6.92 Å². The maximum atomic E-state index is 12.0. The molecule has 1 aromatic carbocycles. The zero-order valence-corrected chi connectivity index (χ0v) is 12.4. The van der Waals surface area contributed by atoms with Crippen LogP contribution in [0, 0.1) is 0 Å². The minimum atomic E-state index is -0.508. The van der Waals surface area contributed by atoms with Gasteiger partial charge in [-0.15, -0.1) is 0 Å².